The molecule has 2 rings (SSSR count). The minimum absolute atomic E-state index is 0.123. The quantitative estimate of drug-likeness (QED) is 0.758. The fourth-order valence-corrected chi connectivity index (χ4v) is 1.93. The Bertz CT molecular complexity index is 485. The number of aromatic nitrogens is 2. The van der Waals surface area contributed by atoms with Crippen molar-refractivity contribution in [3.05, 3.63) is 12.2 Å². The van der Waals surface area contributed by atoms with Crippen LogP contribution in [0.2, 0.25) is 0 Å². The molecule has 8 heteroatoms. The van der Waals surface area contributed by atoms with Crippen molar-refractivity contribution >= 4 is 17.8 Å². The van der Waals surface area contributed by atoms with Crippen LogP contribution in [0, 0.1) is 5.92 Å². The van der Waals surface area contributed by atoms with Gasteiger partial charge in [-0.3, -0.25) is 19.8 Å². The van der Waals surface area contributed by atoms with E-state index in [4.69, 9.17) is 0 Å². The maximum atomic E-state index is 12.1. The highest BCUT2D eigenvalue weighted by Crippen LogP contribution is 2.16. The minimum atomic E-state index is -0.784. The third-order valence-electron chi connectivity index (χ3n) is 2.90. The molecule has 0 spiro atoms. The van der Waals surface area contributed by atoms with Gasteiger partial charge in [-0.1, -0.05) is 18.5 Å². The third kappa shape index (κ3) is 2.78. The molecule has 1 aliphatic heterocycles. The Kier molecular flexibility index (Phi) is 3.88. The summed E-state index contributed by atoms with van der Waals surface area (Å²) in [6.45, 7) is 2.00. The summed E-state index contributed by atoms with van der Waals surface area (Å²) in [6.07, 6.45) is 2.59. The Morgan fingerprint density at radius 3 is 2.84 bits per heavy atom. The zero-order valence-electron chi connectivity index (χ0n) is 10.5. The highest BCUT2D eigenvalue weighted by Gasteiger charge is 2.39. The predicted octanol–water partition coefficient (Wildman–Crippen LogP) is 0.107. The van der Waals surface area contributed by atoms with Gasteiger partial charge in [0, 0.05) is 13.0 Å². The van der Waals surface area contributed by atoms with Crippen LogP contribution in [0.5, 0.6) is 0 Å². The van der Waals surface area contributed by atoms with Crippen LogP contribution in [-0.2, 0) is 16.0 Å². The highest BCUT2D eigenvalue weighted by atomic mass is 16.5. The second-order valence-corrected chi connectivity index (χ2v) is 4.22. The first-order valence-electron chi connectivity index (χ1n) is 6.05. The predicted molar refractivity (Wildman–Crippen MR) is 61.7 cm³/mol. The fourth-order valence-electron chi connectivity index (χ4n) is 1.93. The molecular weight excluding hydrogens is 252 g/mol. The Morgan fingerprint density at radius 2 is 2.21 bits per heavy atom. The van der Waals surface area contributed by atoms with Gasteiger partial charge in [0.15, 0.2) is 5.82 Å². The van der Waals surface area contributed by atoms with E-state index < -0.39 is 23.8 Å². The number of nitrogens with one attached hydrogen (secondary N) is 1. The number of carbonyl (C=O) groups excluding carboxylic acids is 3. The van der Waals surface area contributed by atoms with Crippen LogP contribution in [0.3, 0.4) is 0 Å². The summed E-state index contributed by atoms with van der Waals surface area (Å²) in [5.74, 6) is -1.36. The normalized spacial score (nSPS) is 19.7. The van der Waals surface area contributed by atoms with Crippen LogP contribution in [0.15, 0.2) is 10.9 Å². The molecule has 1 fully saturated rings. The molecule has 1 atom stereocenters. The first-order valence-corrected chi connectivity index (χ1v) is 6.05. The fraction of sp³-hybridized carbons (Fsp3) is 0.545. The largest absolute Gasteiger partial charge is 0.343 e. The molecule has 1 aromatic rings. The zero-order chi connectivity index (χ0) is 13.8. The van der Waals surface area contributed by atoms with Gasteiger partial charge in [-0.25, -0.2) is 4.79 Å². The van der Waals surface area contributed by atoms with E-state index in [9.17, 15) is 14.4 Å². The summed E-state index contributed by atoms with van der Waals surface area (Å²) in [6, 6.07) is -0.689. The Hall–Kier alpha value is -2.25. The molecule has 2 heterocycles. The zero-order valence-corrected chi connectivity index (χ0v) is 10.5. The molecular formula is C11H14N4O4. The average Bonchev–Trinajstić information content (AvgIpc) is 2.87. The number of hydrogen-bond acceptors (Lipinski definition) is 6. The lowest BCUT2D eigenvalue weighted by Gasteiger charge is -2.29. The molecule has 1 saturated heterocycles. The number of rotatable bonds is 5. The lowest BCUT2D eigenvalue weighted by molar-refractivity contribution is -0.142. The molecule has 1 aromatic heterocycles. The number of nitrogens with zero attached hydrogens (tertiary/aromatic N) is 3. The molecule has 0 aliphatic carbocycles. The van der Waals surface area contributed by atoms with E-state index >= 15 is 0 Å². The number of barbiturate groups is 1. The number of hydrogen-bond donors (Lipinski definition) is 1. The van der Waals surface area contributed by atoms with Crippen molar-refractivity contribution in [2.24, 2.45) is 5.92 Å². The molecule has 0 bridgehead atoms. The summed E-state index contributed by atoms with van der Waals surface area (Å²) >= 11 is 0. The standard InChI is InChI=1S/C11H14N4O4/c1-2-3-7-9(16)13-11(18)15(10(7)17)5-4-8-12-6-19-14-8/h6-7H,2-5H2,1H3,(H,13,16,18). The van der Waals surface area contributed by atoms with Gasteiger partial charge >= 0.3 is 6.03 Å². The Balaban J connectivity index is 2.03. The Labute approximate surface area is 109 Å². The number of imide groups is 2. The van der Waals surface area contributed by atoms with Crippen LogP contribution in [0.25, 0.3) is 0 Å². The highest BCUT2D eigenvalue weighted by molar-refractivity contribution is 6.16. The van der Waals surface area contributed by atoms with Gasteiger partial charge in [-0.15, -0.1) is 0 Å². The third-order valence-corrected chi connectivity index (χ3v) is 2.90. The van der Waals surface area contributed by atoms with Crippen LogP contribution >= 0.6 is 0 Å². The SMILES string of the molecule is CCCC1C(=O)NC(=O)N(CCc2ncon2)C1=O. The summed E-state index contributed by atoms with van der Waals surface area (Å²) in [5.41, 5.74) is 0. The van der Waals surface area contributed by atoms with Gasteiger partial charge in [0.05, 0.1) is 0 Å². The second kappa shape index (κ2) is 5.59. The second-order valence-electron chi connectivity index (χ2n) is 4.22. The van der Waals surface area contributed by atoms with Crippen molar-refractivity contribution in [1.82, 2.24) is 20.4 Å². The van der Waals surface area contributed by atoms with E-state index in [1.54, 1.807) is 0 Å². The van der Waals surface area contributed by atoms with Gasteiger partial charge in [0.1, 0.15) is 5.92 Å². The number of carbonyl (C=O) groups is 3. The molecule has 1 aliphatic rings. The lowest BCUT2D eigenvalue weighted by Crippen LogP contribution is -2.58. The molecule has 0 aromatic carbocycles. The first-order chi connectivity index (χ1) is 9.13. The van der Waals surface area contributed by atoms with Crippen LogP contribution in [-0.4, -0.2) is 39.4 Å². The molecule has 19 heavy (non-hydrogen) atoms. The van der Waals surface area contributed by atoms with Crippen molar-refractivity contribution in [1.29, 1.82) is 0 Å². The van der Waals surface area contributed by atoms with E-state index in [1.807, 2.05) is 6.92 Å². The molecule has 0 radical (unpaired) electrons. The summed E-state index contributed by atoms with van der Waals surface area (Å²) in [4.78, 5) is 40.1. The lowest BCUT2D eigenvalue weighted by atomic mass is 9.99. The first kappa shape index (κ1) is 13.2. The monoisotopic (exact) mass is 266 g/mol. The average molecular weight is 266 g/mol. The number of amides is 4. The van der Waals surface area contributed by atoms with E-state index in [2.05, 4.69) is 20.0 Å². The van der Waals surface area contributed by atoms with Crippen molar-refractivity contribution in [3.8, 4) is 0 Å². The maximum Gasteiger partial charge on any atom is 0.330 e. The van der Waals surface area contributed by atoms with Crippen LogP contribution in [0.1, 0.15) is 25.6 Å². The van der Waals surface area contributed by atoms with E-state index in [1.165, 1.54) is 6.39 Å². The molecule has 1 unspecified atom stereocenters. The summed E-state index contributed by atoms with van der Waals surface area (Å²) < 4.78 is 4.57. The van der Waals surface area contributed by atoms with Gasteiger partial charge in [0.2, 0.25) is 18.2 Å². The van der Waals surface area contributed by atoms with Crippen molar-refractivity contribution in [2.75, 3.05) is 6.54 Å². The topological polar surface area (TPSA) is 105 Å². The number of urea groups is 1. The van der Waals surface area contributed by atoms with Crippen molar-refractivity contribution in [3.63, 3.8) is 0 Å². The van der Waals surface area contributed by atoms with E-state index in [0.717, 1.165) is 4.90 Å². The van der Waals surface area contributed by atoms with Crippen molar-refractivity contribution in [2.45, 2.75) is 26.2 Å². The smallest absolute Gasteiger partial charge is 0.330 e. The molecule has 4 amide bonds. The minimum Gasteiger partial charge on any atom is -0.343 e. The molecule has 0 saturated carbocycles. The molecule has 102 valence electrons. The maximum absolute atomic E-state index is 12.1. The van der Waals surface area contributed by atoms with Gasteiger partial charge in [0.25, 0.3) is 0 Å². The van der Waals surface area contributed by atoms with Crippen LogP contribution < -0.4 is 5.32 Å². The Morgan fingerprint density at radius 1 is 1.42 bits per heavy atom. The van der Waals surface area contributed by atoms with E-state index in [0.29, 0.717) is 25.1 Å². The molecule has 1 N–H and O–H groups in total. The van der Waals surface area contributed by atoms with Gasteiger partial charge in [-0.2, -0.15) is 4.98 Å². The van der Waals surface area contributed by atoms with Gasteiger partial charge < -0.3 is 4.52 Å². The van der Waals surface area contributed by atoms with Crippen LogP contribution in [0.4, 0.5) is 4.79 Å². The molecule has 8 nitrogen and oxygen atoms in total. The van der Waals surface area contributed by atoms with Gasteiger partial charge in [-0.05, 0) is 6.42 Å². The van der Waals surface area contributed by atoms with Crippen molar-refractivity contribution < 1.29 is 18.9 Å². The summed E-state index contributed by atoms with van der Waals surface area (Å²) in [7, 11) is 0. The van der Waals surface area contributed by atoms with E-state index in [-0.39, 0.29) is 6.54 Å². The summed E-state index contributed by atoms with van der Waals surface area (Å²) in [5, 5.41) is 5.79.